The Morgan fingerprint density at radius 2 is 1.30 bits per heavy atom. The number of benzene rings is 1. The molecule has 132 valence electrons. The smallest absolute Gasteiger partial charge is 0.200 e. The number of phenolic OH excluding ortho intramolecular Hbond substituents is 1. The quantitative estimate of drug-likeness (QED) is 0.504. The molecule has 0 saturated heterocycles. The molecule has 0 heterocycles. The fourth-order valence-electron chi connectivity index (χ4n) is 2.45. The van der Waals surface area contributed by atoms with E-state index in [2.05, 4.69) is 0 Å². The van der Waals surface area contributed by atoms with Crippen LogP contribution in [0.5, 0.6) is 11.5 Å². The van der Waals surface area contributed by atoms with Crippen molar-refractivity contribution >= 4 is 0 Å². The van der Waals surface area contributed by atoms with Crippen molar-refractivity contribution in [1.29, 1.82) is 0 Å². The van der Waals surface area contributed by atoms with E-state index in [0.29, 0.717) is 13.2 Å². The largest absolute Gasteiger partial charge is 0.505 e. The van der Waals surface area contributed by atoms with Crippen LogP contribution in [-0.4, -0.2) is 23.4 Å². The van der Waals surface area contributed by atoms with Crippen LogP contribution in [0.25, 0.3) is 0 Å². The molecule has 0 saturated carbocycles. The van der Waals surface area contributed by atoms with Gasteiger partial charge in [-0.1, -0.05) is 51.4 Å². The molecule has 0 aliphatic heterocycles. The number of hydrogen-bond donors (Lipinski definition) is 2. The van der Waals surface area contributed by atoms with Gasteiger partial charge in [0.2, 0.25) is 5.82 Å². The second-order valence-corrected chi connectivity index (χ2v) is 5.85. The molecule has 1 aromatic rings. The molecule has 0 spiro atoms. The molecule has 1 aromatic carbocycles. The Morgan fingerprint density at radius 1 is 0.783 bits per heavy atom. The fraction of sp³-hybridized carbons (Fsp3) is 0.667. The van der Waals surface area contributed by atoms with Gasteiger partial charge in [-0.05, 0) is 12.8 Å². The maximum Gasteiger partial charge on any atom is 0.200 e. The van der Waals surface area contributed by atoms with E-state index in [1.807, 2.05) is 0 Å². The Morgan fingerprint density at radius 3 is 1.83 bits per heavy atom. The molecule has 0 amide bonds. The van der Waals surface area contributed by atoms with Crippen LogP contribution in [0.2, 0.25) is 0 Å². The summed E-state index contributed by atoms with van der Waals surface area (Å²) >= 11 is 0. The van der Waals surface area contributed by atoms with Crippen molar-refractivity contribution in [2.24, 2.45) is 0 Å². The number of ether oxygens (including phenoxy) is 1. The lowest BCUT2D eigenvalue weighted by atomic mass is 10.1. The lowest BCUT2D eigenvalue weighted by Gasteiger charge is -2.07. The van der Waals surface area contributed by atoms with E-state index in [4.69, 9.17) is 14.9 Å². The first-order chi connectivity index (χ1) is 11.1. The fourth-order valence-corrected chi connectivity index (χ4v) is 2.45. The standard InChI is InChI=1S/C18H28F2O3/c19-16-13-15(14-17(22)18(16)20)23-12-10-8-6-4-2-1-3-5-7-9-11-21/h13-14,21-22H,1-12H2. The summed E-state index contributed by atoms with van der Waals surface area (Å²) in [5.74, 6) is -2.91. The van der Waals surface area contributed by atoms with E-state index >= 15 is 0 Å². The predicted molar refractivity (Wildman–Crippen MR) is 86.8 cm³/mol. The van der Waals surface area contributed by atoms with Crippen molar-refractivity contribution in [2.45, 2.75) is 64.2 Å². The van der Waals surface area contributed by atoms with Crippen LogP contribution in [0.1, 0.15) is 64.2 Å². The molecule has 0 aliphatic rings. The first kappa shape index (κ1) is 19.7. The van der Waals surface area contributed by atoms with E-state index < -0.39 is 17.4 Å². The number of phenols is 1. The van der Waals surface area contributed by atoms with Gasteiger partial charge in [-0.25, -0.2) is 4.39 Å². The lowest BCUT2D eigenvalue weighted by molar-refractivity contribution is 0.282. The lowest BCUT2D eigenvalue weighted by Crippen LogP contribution is -1.98. The summed E-state index contributed by atoms with van der Waals surface area (Å²) < 4.78 is 31.3. The average Bonchev–Trinajstić information content (AvgIpc) is 2.53. The molecule has 0 radical (unpaired) electrons. The van der Waals surface area contributed by atoms with E-state index in [9.17, 15) is 8.78 Å². The molecule has 23 heavy (non-hydrogen) atoms. The third-order valence-corrected chi connectivity index (χ3v) is 3.80. The zero-order chi connectivity index (χ0) is 16.9. The number of rotatable bonds is 13. The molecule has 2 N–H and O–H groups in total. The highest BCUT2D eigenvalue weighted by Crippen LogP contribution is 2.25. The van der Waals surface area contributed by atoms with Crippen LogP contribution in [0.15, 0.2) is 12.1 Å². The van der Waals surface area contributed by atoms with Crippen LogP contribution in [0.4, 0.5) is 8.78 Å². The monoisotopic (exact) mass is 330 g/mol. The third kappa shape index (κ3) is 8.74. The van der Waals surface area contributed by atoms with Crippen molar-refractivity contribution in [3.05, 3.63) is 23.8 Å². The molecule has 0 atom stereocenters. The second kappa shape index (κ2) is 12.1. The summed E-state index contributed by atoms with van der Waals surface area (Å²) in [6.07, 6.45) is 11.2. The maximum atomic E-state index is 13.1. The van der Waals surface area contributed by atoms with Crippen LogP contribution in [0.3, 0.4) is 0 Å². The normalized spacial score (nSPS) is 10.9. The van der Waals surface area contributed by atoms with E-state index in [0.717, 1.165) is 44.2 Å². The van der Waals surface area contributed by atoms with Gasteiger partial charge in [-0.3, -0.25) is 0 Å². The minimum Gasteiger partial charge on any atom is -0.505 e. The first-order valence-corrected chi connectivity index (χ1v) is 8.57. The van der Waals surface area contributed by atoms with E-state index in [-0.39, 0.29) is 5.75 Å². The molecular formula is C18H28F2O3. The SMILES string of the molecule is OCCCCCCCCCCCCOc1cc(O)c(F)c(F)c1. The van der Waals surface area contributed by atoms with Gasteiger partial charge < -0.3 is 14.9 Å². The summed E-state index contributed by atoms with van der Waals surface area (Å²) in [5, 5.41) is 17.8. The van der Waals surface area contributed by atoms with Gasteiger partial charge >= 0.3 is 0 Å². The minimum atomic E-state index is -1.24. The molecule has 0 fully saturated rings. The Bertz CT molecular complexity index is 415. The Hall–Kier alpha value is -1.36. The Kier molecular flexibility index (Phi) is 10.4. The molecule has 0 unspecified atom stereocenters. The van der Waals surface area contributed by atoms with Crippen molar-refractivity contribution < 1.29 is 23.7 Å². The summed E-state index contributed by atoms with van der Waals surface area (Å²) in [4.78, 5) is 0. The number of unbranched alkanes of at least 4 members (excludes halogenated alkanes) is 9. The van der Waals surface area contributed by atoms with Crippen molar-refractivity contribution in [3.63, 3.8) is 0 Å². The number of aliphatic hydroxyl groups is 1. The summed E-state index contributed by atoms with van der Waals surface area (Å²) in [7, 11) is 0. The zero-order valence-corrected chi connectivity index (χ0v) is 13.7. The Balaban J connectivity index is 1.96. The van der Waals surface area contributed by atoms with Crippen molar-refractivity contribution in [3.8, 4) is 11.5 Å². The van der Waals surface area contributed by atoms with Crippen molar-refractivity contribution in [2.75, 3.05) is 13.2 Å². The van der Waals surface area contributed by atoms with Gasteiger partial charge in [0.25, 0.3) is 0 Å². The minimum absolute atomic E-state index is 0.157. The van der Waals surface area contributed by atoms with Gasteiger partial charge in [0.15, 0.2) is 11.6 Å². The van der Waals surface area contributed by atoms with Gasteiger partial charge in [0, 0.05) is 18.7 Å². The maximum absolute atomic E-state index is 13.1. The average molecular weight is 330 g/mol. The predicted octanol–water partition coefficient (Wildman–Crippen LogP) is 4.94. The van der Waals surface area contributed by atoms with Crippen LogP contribution < -0.4 is 4.74 Å². The Labute approximate surface area is 137 Å². The van der Waals surface area contributed by atoms with E-state index in [1.165, 1.54) is 32.1 Å². The third-order valence-electron chi connectivity index (χ3n) is 3.80. The summed E-state index contributed by atoms with van der Waals surface area (Å²) in [6, 6.07) is 2.04. The topological polar surface area (TPSA) is 49.7 Å². The molecular weight excluding hydrogens is 302 g/mol. The van der Waals surface area contributed by atoms with Crippen LogP contribution in [-0.2, 0) is 0 Å². The zero-order valence-electron chi connectivity index (χ0n) is 13.7. The first-order valence-electron chi connectivity index (χ1n) is 8.57. The highest BCUT2D eigenvalue weighted by atomic mass is 19.2. The summed E-state index contributed by atoms with van der Waals surface area (Å²) in [5.41, 5.74) is 0. The molecule has 0 bridgehead atoms. The van der Waals surface area contributed by atoms with E-state index in [1.54, 1.807) is 0 Å². The number of aliphatic hydroxyl groups excluding tert-OH is 1. The van der Waals surface area contributed by atoms with Gasteiger partial charge in [0.05, 0.1) is 6.61 Å². The van der Waals surface area contributed by atoms with Crippen molar-refractivity contribution in [1.82, 2.24) is 0 Å². The van der Waals surface area contributed by atoms with Crippen LogP contribution in [0, 0.1) is 11.6 Å². The molecule has 1 rings (SSSR count). The summed E-state index contributed by atoms with van der Waals surface area (Å²) in [6.45, 7) is 0.734. The number of halogens is 2. The highest BCUT2D eigenvalue weighted by Gasteiger charge is 2.10. The number of aromatic hydroxyl groups is 1. The molecule has 5 heteroatoms. The second-order valence-electron chi connectivity index (χ2n) is 5.85. The van der Waals surface area contributed by atoms with Gasteiger partial charge in [-0.2, -0.15) is 4.39 Å². The van der Waals surface area contributed by atoms with Gasteiger partial charge in [-0.15, -0.1) is 0 Å². The molecule has 0 aliphatic carbocycles. The number of hydrogen-bond acceptors (Lipinski definition) is 3. The van der Waals surface area contributed by atoms with Gasteiger partial charge in [0.1, 0.15) is 5.75 Å². The highest BCUT2D eigenvalue weighted by molar-refractivity contribution is 5.34. The molecule has 0 aromatic heterocycles. The van der Waals surface area contributed by atoms with Crippen LogP contribution >= 0.6 is 0 Å². The molecule has 3 nitrogen and oxygen atoms in total.